The zero-order valence-corrected chi connectivity index (χ0v) is 21.5. The van der Waals surface area contributed by atoms with Gasteiger partial charge in [0.05, 0.1) is 17.9 Å². The number of anilines is 1. The number of nitriles is 1. The van der Waals surface area contributed by atoms with Gasteiger partial charge in [-0.3, -0.25) is 9.69 Å². The van der Waals surface area contributed by atoms with Crippen molar-refractivity contribution in [3.8, 4) is 6.07 Å². The highest BCUT2D eigenvalue weighted by molar-refractivity contribution is 6.04. The average Bonchev–Trinajstić information content (AvgIpc) is 3.45. The van der Waals surface area contributed by atoms with Gasteiger partial charge in [-0.2, -0.15) is 5.26 Å². The van der Waals surface area contributed by atoms with Gasteiger partial charge in [-0.05, 0) is 67.8 Å². The molecule has 1 amide bonds. The fraction of sp³-hybridized carbons (Fsp3) is 0.308. The van der Waals surface area contributed by atoms with Crippen LogP contribution >= 0.6 is 24.8 Å². The van der Waals surface area contributed by atoms with Crippen LogP contribution in [0.2, 0.25) is 0 Å². The van der Waals surface area contributed by atoms with E-state index < -0.39 is 5.91 Å². The Hall–Kier alpha value is -3.22. The second-order valence-corrected chi connectivity index (χ2v) is 8.67. The molecule has 4 aromatic rings. The van der Waals surface area contributed by atoms with Crippen molar-refractivity contribution in [1.29, 1.82) is 5.26 Å². The number of H-pyrrole nitrogens is 1. The molecule has 0 bridgehead atoms. The number of halogens is 2. The Bertz CT molecular complexity index is 1350. The molecule has 1 fully saturated rings. The van der Waals surface area contributed by atoms with Crippen molar-refractivity contribution in [2.45, 2.75) is 19.3 Å². The quantitative estimate of drug-likeness (QED) is 0.347. The number of aromatic amines is 1. The first-order valence-corrected chi connectivity index (χ1v) is 11.4. The van der Waals surface area contributed by atoms with E-state index in [4.69, 9.17) is 15.4 Å². The molecule has 10 heteroatoms. The van der Waals surface area contributed by atoms with Crippen molar-refractivity contribution < 1.29 is 14.7 Å². The molecule has 2 aromatic heterocycles. The van der Waals surface area contributed by atoms with Crippen LogP contribution in [0.3, 0.4) is 0 Å². The fourth-order valence-corrected chi connectivity index (χ4v) is 4.76. The van der Waals surface area contributed by atoms with Gasteiger partial charge in [0, 0.05) is 59.7 Å². The monoisotopic (exact) mass is 531 g/mol. The Morgan fingerprint density at radius 1 is 1.06 bits per heavy atom. The van der Waals surface area contributed by atoms with Gasteiger partial charge < -0.3 is 25.5 Å². The minimum atomic E-state index is -0.539. The number of nitrogens with zero attached hydrogens (tertiary/aromatic N) is 3. The first-order chi connectivity index (χ1) is 16.1. The fourth-order valence-electron chi connectivity index (χ4n) is 4.76. The molecule has 0 unspecified atom stereocenters. The lowest BCUT2D eigenvalue weighted by molar-refractivity contribution is 0.0976. The summed E-state index contributed by atoms with van der Waals surface area (Å²) in [7, 11) is 0. The molecule has 8 nitrogen and oxygen atoms in total. The van der Waals surface area contributed by atoms with Crippen molar-refractivity contribution in [2.75, 3.05) is 37.6 Å². The molecule has 5 N–H and O–H groups in total. The van der Waals surface area contributed by atoms with E-state index in [0.717, 1.165) is 74.0 Å². The highest BCUT2D eigenvalue weighted by Gasteiger charge is 2.19. The Morgan fingerprint density at radius 2 is 1.83 bits per heavy atom. The number of carbonyl (C=O) groups is 1. The molecule has 192 valence electrons. The van der Waals surface area contributed by atoms with Crippen molar-refractivity contribution in [3.63, 3.8) is 0 Å². The maximum absolute atomic E-state index is 11.5. The smallest absolute Gasteiger partial charge is 0.285 e. The summed E-state index contributed by atoms with van der Waals surface area (Å²) in [6.07, 6.45) is 6.98. The van der Waals surface area contributed by atoms with E-state index >= 15 is 0 Å². The number of hydrogen-bond acceptors (Lipinski definition) is 5. The number of nitrogens with two attached hydrogens (primary N) is 1. The van der Waals surface area contributed by atoms with E-state index in [1.54, 1.807) is 6.26 Å². The first-order valence-electron chi connectivity index (χ1n) is 11.4. The van der Waals surface area contributed by atoms with Gasteiger partial charge in [0.25, 0.3) is 5.91 Å². The van der Waals surface area contributed by atoms with E-state index in [1.165, 1.54) is 10.9 Å². The molecule has 0 atom stereocenters. The van der Waals surface area contributed by atoms with E-state index in [1.807, 2.05) is 30.3 Å². The zero-order chi connectivity index (χ0) is 22.8. The Morgan fingerprint density at radius 3 is 2.56 bits per heavy atom. The van der Waals surface area contributed by atoms with Crippen LogP contribution in [0.4, 0.5) is 5.69 Å². The number of aromatic nitrogens is 1. The summed E-state index contributed by atoms with van der Waals surface area (Å²) in [5, 5.41) is 12.0. The summed E-state index contributed by atoms with van der Waals surface area (Å²) in [5.74, 6) is -0.317. The summed E-state index contributed by atoms with van der Waals surface area (Å²) in [5.41, 5.74) is 9.62. The van der Waals surface area contributed by atoms with Crippen LogP contribution in [-0.4, -0.2) is 54.0 Å². The molecule has 36 heavy (non-hydrogen) atoms. The summed E-state index contributed by atoms with van der Waals surface area (Å²) in [4.78, 5) is 19.7. The summed E-state index contributed by atoms with van der Waals surface area (Å²) >= 11 is 0. The Kier molecular flexibility index (Phi) is 10.2. The lowest BCUT2D eigenvalue weighted by atomic mass is 10.0. The van der Waals surface area contributed by atoms with Crippen LogP contribution in [0.5, 0.6) is 0 Å². The van der Waals surface area contributed by atoms with Crippen molar-refractivity contribution in [2.24, 2.45) is 5.73 Å². The normalized spacial score (nSPS) is 13.5. The van der Waals surface area contributed by atoms with Crippen LogP contribution in [0.25, 0.3) is 21.7 Å². The summed E-state index contributed by atoms with van der Waals surface area (Å²) in [6.45, 7) is 5.13. The van der Waals surface area contributed by atoms with E-state index in [-0.39, 0.29) is 36.1 Å². The predicted octanol–water partition coefficient (Wildman–Crippen LogP) is 4.05. The van der Waals surface area contributed by atoms with E-state index in [0.29, 0.717) is 5.56 Å². The molecule has 0 saturated carbocycles. The number of rotatable bonds is 7. The number of hydrogen-bond donors (Lipinski definition) is 2. The van der Waals surface area contributed by atoms with Gasteiger partial charge in [-0.15, -0.1) is 24.8 Å². The zero-order valence-electron chi connectivity index (χ0n) is 19.8. The lowest BCUT2D eigenvalue weighted by Crippen LogP contribution is -2.46. The van der Waals surface area contributed by atoms with Gasteiger partial charge >= 0.3 is 0 Å². The maximum atomic E-state index is 11.5. The molecule has 2 aromatic carbocycles. The topological polar surface area (TPSA) is 134 Å². The molecular formula is C26H31Cl2N5O3. The van der Waals surface area contributed by atoms with Crippen LogP contribution in [0.1, 0.15) is 34.5 Å². The molecule has 1 aliphatic heterocycles. The van der Waals surface area contributed by atoms with Gasteiger partial charge in [0.15, 0.2) is 5.76 Å². The largest absolute Gasteiger partial charge is 0.458 e. The average molecular weight is 532 g/mol. The van der Waals surface area contributed by atoms with Crippen LogP contribution in [0, 0.1) is 11.3 Å². The minimum absolute atomic E-state index is 0. The van der Waals surface area contributed by atoms with E-state index in [2.05, 4.69) is 33.1 Å². The molecular weight excluding hydrogens is 501 g/mol. The van der Waals surface area contributed by atoms with Crippen LogP contribution < -0.4 is 10.6 Å². The number of furan rings is 1. The standard InChI is InChI=1S/C26H27N5O2.2ClH.H2O/c27-15-18-4-7-24-23(13-18)19(16-29-24)3-1-2-8-30-9-11-31(12-10-30)21-5-6-22-20(14-21)17-33-25(22)26(28)32;;;/h4-7,13-14,16-17,29H,1-3,8-12H2,(H2,28,32);2*1H;1H2. The third-order valence-corrected chi connectivity index (χ3v) is 6.61. The van der Waals surface area contributed by atoms with Crippen LogP contribution in [0.15, 0.2) is 53.3 Å². The van der Waals surface area contributed by atoms with Crippen molar-refractivity contribution >= 4 is 58.1 Å². The SMILES string of the molecule is Cl.Cl.N#Cc1ccc2[nH]cc(CCCCN3CCN(c4ccc5c(C(N)=O)occ5c4)CC3)c2c1.O. The molecule has 1 saturated heterocycles. The summed E-state index contributed by atoms with van der Waals surface area (Å²) in [6, 6.07) is 14.1. The molecule has 0 radical (unpaired) electrons. The number of amides is 1. The van der Waals surface area contributed by atoms with Gasteiger partial charge in [0.1, 0.15) is 0 Å². The number of fused-ring (bicyclic) bond motifs is 2. The minimum Gasteiger partial charge on any atom is -0.458 e. The summed E-state index contributed by atoms with van der Waals surface area (Å²) < 4.78 is 5.34. The predicted molar refractivity (Wildman–Crippen MR) is 147 cm³/mol. The third-order valence-electron chi connectivity index (χ3n) is 6.61. The van der Waals surface area contributed by atoms with Gasteiger partial charge in [-0.25, -0.2) is 0 Å². The number of aryl methyl sites for hydroxylation is 1. The van der Waals surface area contributed by atoms with Crippen LogP contribution in [-0.2, 0) is 6.42 Å². The number of unbranched alkanes of at least 4 members (excludes halogenated alkanes) is 1. The van der Waals surface area contributed by atoms with Crippen molar-refractivity contribution in [1.82, 2.24) is 9.88 Å². The maximum Gasteiger partial charge on any atom is 0.285 e. The highest BCUT2D eigenvalue weighted by Crippen LogP contribution is 2.27. The molecule has 5 rings (SSSR count). The molecule has 1 aliphatic rings. The van der Waals surface area contributed by atoms with Gasteiger partial charge in [0.2, 0.25) is 0 Å². The molecule has 0 spiro atoms. The Labute approximate surface area is 222 Å². The number of benzene rings is 2. The number of primary amides is 1. The third kappa shape index (κ3) is 5.94. The second-order valence-electron chi connectivity index (χ2n) is 8.67. The highest BCUT2D eigenvalue weighted by atomic mass is 35.5. The molecule has 3 heterocycles. The number of carbonyl (C=O) groups excluding carboxylic acids is 1. The first kappa shape index (κ1) is 29.0. The Balaban J connectivity index is 0.00000152. The van der Waals surface area contributed by atoms with E-state index in [9.17, 15) is 4.79 Å². The van der Waals surface area contributed by atoms with Crippen molar-refractivity contribution in [3.05, 3.63) is 65.7 Å². The number of nitrogens with one attached hydrogen (secondary N) is 1. The number of piperazine rings is 1. The second kappa shape index (κ2) is 12.7. The molecule has 0 aliphatic carbocycles. The van der Waals surface area contributed by atoms with Gasteiger partial charge in [-0.1, -0.05) is 0 Å². The lowest BCUT2D eigenvalue weighted by Gasteiger charge is -2.36.